The number of aryl methyl sites for hydroxylation is 2. The molecule has 0 aliphatic carbocycles. The van der Waals surface area contributed by atoms with Gasteiger partial charge in [0.1, 0.15) is 18.3 Å². The topological polar surface area (TPSA) is 96.0 Å². The van der Waals surface area contributed by atoms with Gasteiger partial charge in [0.25, 0.3) is 10.0 Å². The first-order valence-corrected chi connectivity index (χ1v) is 17.6. The molecule has 9 heteroatoms. The highest BCUT2D eigenvalue weighted by Gasteiger charge is 2.34. The summed E-state index contributed by atoms with van der Waals surface area (Å²) in [5.41, 5.74) is 4.03. The number of rotatable bonds is 16. The minimum atomic E-state index is -4.20. The van der Waals surface area contributed by atoms with Gasteiger partial charge in [-0.2, -0.15) is 0 Å². The van der Waals surface area contributed by atoms with Crippen molar-refractivity contribution in [1.82, 2.24) is 10.2 Å². The van der Waals surface area contributed by atoms with Crippen molar-refractivity contribution < 1.29 is 22.7 Å². The first-order chi connectivity index (χ1) is 22.6. The monoisotopic (exact) mass is 655 g/mol. The molecule has 0 saturated carbocycles. The van der Waals surface area contributed by atoms with Gasteiger partial charge in [0.15, 0.2) is 0 Å². The molecule has 47 heavy (non-hydrogen) atoms. The summed E-state index contributed by atoms with van der Waals surface area (Å²) in [6.07, 6.45) is 1.98. The lowest BCUT2D eigenvalue weighted by atomic mass is 10.0. The van der Waals surface area contributed by atoms with Crippen LogP contribution in [0.3, 0.4) is 0 Å². The smallest absolute Gasteiger partial charge is 0.264 e. The summed E-state index contributed by atoms with van der Waals surface area (Å²) in [6.45, 7) is 8.33. The van der Waals surface area contributed by atoms with E-state index < -0.39 is 28.5 Å². The molecule has 0 fully saturated rings. The number of benzene rings is 4. The second-order valence-electron chi connectivity index (χ2n) is 11.5. The van der Waals surface area contributed by atoms with Crippen LogP contribution in [0.15, 0.2) is 108 Å². The molecule has 0 heterocycles. The van der Waals surface area contributed by atoms with E-state index in [1.807, 2.05) is 94.4 Å². The van der Waals surface area contributed by atoms with E-state index in [1.165, 1.54) is 17.0 Å². The molecule has 8 nitrogen and oxygen atoms in total. The molecule has 248 valence electrons. The summed E-state index contributed by atoms with van der Waals surface area (Å²) in [4.78, 5) is 30.1. The van der Waals surface area contributed by atoms with Gasteiger partial charge in [0.05, 0.1) is 17.2 Å². The van der Waals surface area contributed by atoms with Gasteiger partial charge >= 0.3 is 0 Å². The largest absolute Gasteiger partial charge is 0.494 e. The summed E-state index contributed by atoms with van der Waals surface area (Å²) in [7, 11) is -4.20. The van der Waals surface area contributed by atoms with Crippen molar-refractivity contribution in [2.45, 2.75) is 64.4 Å². The molecular weight excluding hydrogens is 611 g/mol. The lowest BCUT2D eigenvalue weighted by Gasteiger charge is -2.34. The SMILES string of the molecule is CCCCNC(=O)[C@H](Cc1ccccc1)N(Cc1ccccc1C)C(=O)CN(c1ccc(C)cc1)S(=O)(=O)c1ccc(OCC)cc1. The van der Waals surface area contributed by atoms with Crippen LogP contribution in [0.25, 0.3) is 0 Å². The van der Waals surface area contributed by atoms with Crippen LogP contribution in [0.2, 0.25) is 0 Å². The summed E-state index contributed by atoms with van der Waals surface area (Å²) in [5, 5.41) is 3.03. The highest BCUT2D eigenvalue weighted by atomic mass is 32.2. The number of anilines is 1. The molecule has 0 saturated heterocycles. The van der Waals surface area contributed by atoms with E-state index in [0.717, 1.165) is 39.4 Å². The maximum atomic E-state index is 14.6. The molecule has 0 spiro atoms. The molecule has 0 aromatic heterocycles. The van der Waals surface area contributed by atoms with Crippen molar-refractivity contribution >= 4 is 27.5 Å². The Morgan fingerprint density at radius 2 is 1.49 bits per heavy atom. The van der Waals surface area contributed by atoms with Gasteiger partial charge in [-0.05, 0) is 80.3 Å². The van der Waals surface area contributed by atoms with Crippen molar-refractivity contribution in [2.24, 2.45) is 0 Å². The summed E-state index contributed by atoms with van der Waals surface area (Å²) >= 11 is 0. The first-order valence-electron chi connectivity index (χ1n) is 16.1. The maximum absolute atomic E-state index is 14.6. The van der Waals surface area contributed by atoms with Crippen molar-refractivity contribution in [3.8, 4) is 5.75 Å². The van der Waals surface area contributed by atoms with Crippen molar-refractivity contribution in [2.75, 3.05) is 24.0 Å². The third-order valence-corrected chi connectivity index (χ3v) is 9.81. The quantitative estimate of drug-likeness (QED) is 0.140. The molecule has 0 unspecified atom stereocenters. The highest BCUT2D eigenvalue weighted by Crippen LogP contribution is 2.27. The van der Waals surface area contributed by atoms with Crippen LogP contribution in [0.5, 0.6) is 5.75 Å². The van der Waals surface area contributed by atoms with Crippen LogP contribution in [0.4, 0.5) is 5.69 Å². The van der Waals surface area contributed by atoms with Gasteiger partial charge in [0.2, 0.25) is 11.8 Å². The second-order valence-corrected chi connectivity index (χ2v) is 13.4. The minimum absolute atomic E-state index is 0.0259. The Morgan fingerprint density at radius 3 is 2.13 bits per heavy atom. The normalized spacial score (nSPS) is 11.8. The van der Waals surface area contributed by atoms with Gasteiger partial charge in [-0.3, -0.25) is 13.9 Å². The predicted molar refractivity (Wildman–Crippen MR) is 187 cm³/mol. The third kappa shape index (κ3) is 9.45. The van der Waals surface area contributed by atoms with E-state index in [0.29, 0.717) is 24.6 Å². The summed E-state index contributed by atoms with van der Waals surface area (Å²) in [6, 6.07) is 29.6. The Labute approximate surface area is 279 Å². The fraction of sp³-hybridized carbons (Fsp3) is 0.316. The molecule has 4 rings (SSSR count). The fourth-order valence-electron chi connectivity index (χ4n) is 5.27. The average Bonchev–Trinajstić information content (AvgIpc) is 3.07. The van der Waals surface area contributed by atoms with E-state index in [9.17, 15) is 18.0 Å². The number of hydrogen-bond acceptors (Lipinski definition) is 5. The Kier molecular flexibility index (Phi) is 12.6. The molecule has 1 N–H and O–H groups in total. The lowest BCUT2D eigenvalue weighted by Crippen LogP contribution is -2.53. The van der Waals surface area contributed by atoms with Crippen LogP contribution < -0.4 is 14.4 Å². The zero-order valence-corrected chi connectivity index (χ0v) is 28.5. The molecule has 4 aromatic rings. The zero-order chi connectivity index (χ0) is 33.8. The van der Waals surface area contributed by atoms with E-state index in [2.05, 4.69) is 5.32 Å². The highest BCUT2D eigenvalue weighted by molar-refractivity contribution is 7.92. The van der Waals surface area contributed by atoms with E-state index in [1.54, 1.807) is 24.3 Å². The number of carbonyl (C=O) groups excluding carboxylic acids is 2. The molecule has 0 aliphatic heterocycles. The Morgan fingerprint density at radius 1 is 0.830 bits per heavy atom. The van der Waals surface area contributed by atoms with Gasteiger partial charge in [-0.25, -0.2) is 8.42 Å². The van der Waals surface area contributed by atoms with E-state index in [4.69, 9.17) is 4.74 Å². The van der Waals surface area contributed by atoms with Crippen molar-refractivity contribution in [1.29, 1.82) is 0 Å². The minimum Gasteiger partial charge on any atom is -0.494 e. The molecule has 1 atom stereocenters. The molecule has 0 radical (unpaired) electrons. The molecule has 4 aromatic carbocycles. The maximum Gasteiger partial charge on any atom is 0.264 e. The van der Waals surface area contributed by atoms with Gasteiger partial charge in [0, 0.05) is 19.5 Å². The van der Waals surface area contributed by atoms with Crippen LogP contribution in [0.1, 0.15) is 48.9 Å². The molecule has 0 bridgehead atoms. The number of hydrogen-bond donors (Lipinski definition) is 1. The van der Waals surface area contributed by atoms with Gasteiger partial charge < -0.3 is 15.0 Å². The number of ether oxygens (including phenoxy) is 1. The number of nitrogens with zero attached hydrogens (tertiary/aromatic N) is 2. The molecule has 0 aliphatic rings. The molecule has 2 amide bonds. The van der Waals surface area contributed by atoms with Crippen LogP contribution in [-0.4, -0.2) is 50.9 Å². The van der Waals surface area contributed by atoms with Gasteiger partial charge in [-0.1, -0.05) is 85.6 Å². The van der Waals surface area contributed by atoms with Gasteiger partial charge in [-0.15, -0.1) is 0 Å². The standard InChI is InChI=1S/C38H45N3O5S/c1-5-7-25-39-38(43)36(26-31-14-9-8-10-15-31)40(27-32-16-12-11-13-30(32)4)37(42)28-41(33-19-17-29(3)18-20-33)47(44,45)35-23-21-34(22-24-35)46-6-2/h8-24,36H,5-7,25-28H2,1-4H3,(H,39,43)/t36-/m0/s1. The second kappa shape index (κ2) is 16.8. The fourth-order valence-corrected chi connectivity index (χ4v) is 6.69. The van der Waals surface area contributed by atoms with Crippen molar-refractivity contribution in [3.05, 3.63) is 125 Å². The number of unbranched alkanes of at least 4 members (excludes halogenated alkanes) is 1. The van der Waals surface area contributed by atoms with E-state index >= 15 is 0 Å². The molecular formula is C38H45N3O5S. The summed E-state index contributed by atoms with van der Waals surface area (Å²) in [5.74, 6) is -0.220. The number of sulfonamides is 1. The number of nitrogens with one attached hydrogen (secondary N) is 1. The van der Waals surface area contributed by atoms with Crippen LogP contribution >= 0.6 is 0 Å². The zero-order valence-electron chi connectivity index (χ0n) is 27.7. The van der Waals surface area contributed by atoms with Crippen LogP contribution in [0, 0.1) is 13.8 Å². The number of amides is 2. The van der Waals surface area contributed by atoms with Crippen LogP contribution in [-0.2, 0) is 32.6 Å². The average molecular weight is 656 g/mol. The van der Waals surface area contributed by atoms with Crippen molar-refractivity contribution in [3.63, 3.8) is 0 Å². The lowest BCUT2D eigenvalue weighted by molar-refractivity contribution is -0.140. The Bertz CT molecular complexity index is 1710. The van der Waals surface area contributed by atoms with E-state index in [-0.39, 0.29) is 23.8 Å². The first kappa shape index (κ1) is 35.2. The third-order valence-electron chi connectivity index (χ3n) is 8.03. The Balaban J connectivity index is 1.78. The predicted octanol–water partition coefficient (Wildman–Crippen LogP) is 6.45. The Hall–Kier alpha value is -4.63. The summed E-state index contributed by atoms with van der Waals surface area (Å²) < 4.78 is 35.2. The number of carbonyl (C=O) groups is 2.